The molecule has 0 atom stereocenters. The molecule has 0 rings (SSSR count). The Morgan fingerprint density at radius 3 is 2.67 bits per heavy atom. The van der Waals surface area contributed by atoms with E-state index in [2.05, 4.69) is 27.3 Å². The van der Waals surface area contributed by atoms with Crippen LogP contribution in [0.3, 0.4) is 0 Å². The van der Waals surface area contributed by atoms with E-state index < -0.39 is 0 Å². The van der Waals surface area contributed by atoms with E-state index >= 15 is 0 Å². The van der Waals surface area contributed by atoms with Crippen molar-refractivity contribution in [1.29, 1.82) is 0 Å². The van der Waals surface area contributed by atoms with Crippen LogP contribution < -0.4 is 0 Å². The summed E-state index contributed by atoms with van der Waals surface area (Å²) in [5.74, 6) is -0.329. The van der Waals surface area contributed by atoms with Gasteiger partial charge in [0.05, 0.1) is 7.11 Å². The molecule has 2 nitrogen and oxygen atoms in total. The highest BCUT2D eigenvalue weighted by Gasteiger charge is 1.85. The number of carbonyl (C=O) groups is 1. The van der Waals surface area contributed by atoms with Crippen LogP contribution in [0.5, 0.6) is 0 Å². The van der Waals surface area contributed by atoms with E-state index in [-0.39, 0.29) is 5.97 Å². The molecule has 0 aliphatic carbocycles. The Labute approximate surface area is 67.7 Å². The van der Waals surface area contributed by atoms with Crippen molar-refractivity contribution in [3.63, 3.8) is 0 Å². The van der Waals surface area contributed by atoms with Crippen molar-refractivity contribution in [2.75, 3.05) is 7.11 Å². The molecule has 3 heteroatoms. The average molecular weight is 238 g/mol. The van der Waals surface area contributed by atoms with Crippen molar-refractivity contribution in [3.05, 3.63) is 22.3 Å². The van der Waals surface area contributed by atoms with E-state index in [0.29, 0.717) is 0 Å². The first kappa shape index (κ1) is 8.68. The molecular weight excluding hydrogens is 231 g/mol. The third-order valence-corrected chi connectivity index (χ3v) is 1.03. The Bertz CT molecular complexity index is 138. The topological polar surface area (TPSA) is 26.3 Å². The van der Waals surface area contributed by atoms with Gasteiger partial charge in [-0.3, -0.25) is 0 Å². The predicted molar refractivity (Wildman–Crippen MR) is 44.3 cm³/mol. The molecule has 0 aliphatic heterocycles. The van der Waals surface area contributed by atoms with Crippen LogP contribution in [0, 0.1) is 0 Å². The predicted octanol–water partition coefficient (Wildman–Crippen LogP) is 1.66. The highest BCUT2D eigenvalue weighted by atomic mass is 127. The Morgan fingerprint density at radius 1 is 1.56 bits per heavy atom. The van der Waals surface area contributed by atoms with Crippen molar-refractivity contribution >= 4 is 28.6 Å². The number of esters is 1. The molecule has 9 heavy (non-hydrogen) atoms. The van der Waals surface area contributed by atoms with Crippen molar-refractivity contribution < 1.29 is 9.53 Å². The summed E-state index contributed by atoms with van der Waals surface area (Å²) in [6.07, 6.45) is 4.73. The molecule has 0 radical (unpaired) electrons. The molecule has 0 aromatic carbocycles. The summed E-state index contributed by atoms with van der Waals surface area (Å²) in [5, 5.41) is 0. The highest BCUT2D eigenvalue weighted by molar-refractivity contribution is 14.1. The second kappa shape index (κ2) is 5.81. The summed E-state index contributed by atoms with van der Waals surface area (Å²) in [6.45, 7) is 0. The smallest absolute Gasteiger partial charge is 0.330 e. The first-order valence-electron chi connectivity index (χ1n) is 2.32. The number of hydrogen-bond acceptors (Lipinski definition) is 2. The molecule has 0 fully saturated rings. The van der Waals surface area contributed by atoms with Crippen molar-refractivity contribution in [2.24, 2.45) is 0 Å². The minimum absolute atomic E-state index is 0.329. The molecular formula is C6H7IO2. The van der Waals surface area contributed by atoms with E-state index in [0.717, 1.165) is 0 Å². The third kappa shape index (κ3) is 5.55. The van der Waals surface area contributed by atoms with Crippen LogP contribution in [-0.4, -0.2) is 13.1 Å². The Morgan fingerprint density at radius 2 is 2.22 bits per heavy atom. The number of carbonyl (C=O) groups excluding carboxylic acids is 1. The number of hydrogen-bond donors (Lipinski definition) is 0. The van der Waals surface area contributed by atoms with Crippen LogP contribution in [0.15, 0.2) is 22.3 Å². The lowest BCUT2D eigenvalue weighted by atomic mass is 10.5. The molecule has 0 N–H and O–H groups in total. The summed E-state index contributed by atoms with van der Waals surface area (Å²) in [7, 11) is 1.35. The summed E-state index contributed by atoms with van der Waals surface area (Å²) in [6, 6.07) is 0. The van der Waals surface area contributed by atoms with Crippen molar-refractivity contribution in [2.45, 2.75) is 0 Å². The van der Waals surface area contributed by atoms with Gasteiger partial charge in [0, 0.05) is 6.08 Å². The van der Waals surface area contributed by atoms with Crippen LogP contribution in [0.4, 0.5) is 0 Å². The van der Waals surface area contributed by atoms with Crippen LogP contribution >= 0.6 is 22.6 Å². The van der Waals surface area contributed by atoms with Gasteiger partial charge in [0.1, 0.15) is 0 Å². The molecule has 0 saturated carbocycles. The highest BCUT2D eigenvalue weighted by Crippen LogP contribution is 1.85. The summed E-state index contributed by atoms with van der Waals surface area (Å²) >= 11 is 2.06. The van der Waals surface area contributed by atoms with E-state index in [1.54, 1.807) is 16.2 Å². The molecule has 0 bridgehead atoms. The minimum atomic E-state index is -0.329. The normalized spacial score (nSPS) is 10.9. The lowest BCUT2D eigenvalue weighted by molar-refractivity contribution is -0.134. The maximum Gasteiger partial charge on any atom is 0.330 e. The van der Waals surface area contributed by atoms with Crippen molar-refractivity contribution in [1.82, 2.24) is 0 Å². The van der Waals surface area contributed by atoms with Gasteiger partial charge in [0.15, 0.2) is 0 Å². The zero-order valence-electron chi connectivity index (χ0n) is 5.00. The van der Waals surface area contributed by atoms with Gasteiger partial charge in [-0.1, -0.05) is 34.7 Å². The molecule has 0 amide bonds. The average Bonchev–Trinajstić information content (AvgIpc) is 1.89. The van der Waals surface area contributed by atoms with E-state index in [4.69, 9.17) is 0 Å². The molecule has 0 aromatic rings. The maximum atomic E-state index is 10.3. The second-order valence-corrected chi connectivity index (χ2v) is 1.92. The minimum Gasteiger partial charge on any atom is -0.466 e. The molecule has 0 aromatic heterocycles. The lowest BCUT2D eigenvalue weighted by Gasteiger charge is -1.85. The fourth-order valence-electron chi connectivity index (χ4n) is 0.244. The first-order valence-corrected chi connectivity index (χ1v) is 3.57. The van der Waals surface area contributed by atoms with Gasteiger partial charge in [-0.15, -0.1) is 0 Å². The summed E-state index contributed by atoms with van der Waals surface area (Å²) in [5.41, 5.74) is 0. The van der Waals surface area contributed by atoms with Crippen molar-refractivity contribution in [3.8, 4) is 0 Å². The monoisotopic (exact) mass is 238 g/mol. The Balaban J connectivity index is 3.57. The zero-order valence-corrected chi connectivity index (χ0v) is 7.16. The molecule has 0 aliphatic rings. The Kier molecular flexibility index (Phi) is 5.60. The zero-order chi connectivity index (χ0) is 7.11. The van der Waals surface area contributed by atoms with Gasteiger partial charge < -0.3 is 4.74 Å². The summed E-state index contributed by atoms with van der Waals surface area (Å²) < 4.78 is 6.14. The number of halogens is 1. The van der Waals surface area contributed by atoms with Crippen LogP contribution in [0.2, 0.25) is 0 Å². The number of ether oxygens (including phenoxy) is 1. The first-order chi connectivity index (χ1) is 4.31. The molecule has 0 saturated heterocycles. The Hall–Kier alpha value is -0.320. The van der Waals surface area contributed by atoms with E-state index in [9.17, 15) is 4.79 Å². The fraction of sp³-hybridized carbons (Fsp3) is 0.167. The SMILES string of the molecule is COC(=O)/C=C/C=C/I. The van der Waals surface area contributed by atoms with Gasteiger partial charge in [-0.25, -0.2) is 4.79 Å². The number of allylic oxidation sites excluding steroid dienone is 2. The van der Waals surface area contributed by atoms with E-state index in [1.807, 2.05) is 0 Å². The molecule has 50 valence electrons. The van der Waals surface area contributed by atoms with Gasteiger partial charge in [0.2, 0.25) is 0 Å². The van der Waals surface area contributed by atoms with Gasteiger partial charge in [-0.05, 0) is 4.08 Å². The maximum absolute atomic E-state index is 10.3. The van der Waals surface area contributed by atoms with Gasteiger partial charge >= 0.3 is 5.97 Å². The molecule has 0 heterocycles. The molecule has 0 unspecified atom stereocenters. The lowest BCUT2D eigenvalue weighted by Crippen LogP contribution is -1.92. The second-order valence-electron chi connectivity index (χ2n) is 1.20. The van der Waals surface area contributed by atoms with Gasteiger partial charge in [0.25, 0.3) is 0 Å². The summed E-state index contributed by atoms with van der Waals surface area (Å²) in [4.78, 5) is 10.3. The standard InChI is InChI=1S/C6H7IO2/c1-9-6(8)4-2-3-5-7/h2-5H,1H3/b4-2+,5-3+. The number of methoxy groups -OCH3 is 1. The quantitative estimate of drug-likeness (QED) is 0.316. The van der Waals surface area contributed by atoms with Crippen LogP contribution in [-0.2, 0) is 9.53 Å². The van der Waals surface area contributed by atoms with Crippen LogP contribution in [0.25, 0.3) is 0 Å². The third-order valence-electron chi connectivity index (χ3n) is 0.617. The van der Waals surface area contributed by atoms with Gasteiger partial charge in [-0.2, -0.15) is 0 Å². The fourth-order valence-corrected chi connectivity index (χ4v) is 0.484. The van der Waals surface area contributed by atoms with Crippen LogP contribution in [0.1, 0.15) is 0 Å². The molecule has 0 spiro atoms. The van der Waals surface area contributed by atoms with E-state index in [1.165, 1.54) is 13.2 Å². The largest absolute Gasteiger partial charge is 0.466 e. The number of rotatable bonds is 2.